The summed E-state index contributed by atoms with van der Waals surface area (Å²) in [4.78, 5) is 7.53. The number of rotatable bonds is 1. The van der Waals surface area contributed by atoms with Crippen molar-refractivity contribution in [1.82, 2.24) is 4.98 Å². The van der Waals surface area contributed by atoms with Gasteiger partial charge in [0.1, 0.15) is 11.6 Å². The number of anilines is 1. The van der Waals surface area contributed by atoms with Crippen LogP contribution in [0.4, 0.5) is 27.6 Å². The van der Waals surface area contributed by atoms with Crippen molar-refractivity contribution in [3.05, 3.63) is 57.9 Å². The topological polar surface area (TPSA) is 37.3 Å². The smallest absolute Gasteiger partial charge is 0.381 e. The lowest BCUT2D eigenvalue weighted by molar-refractivity contribution is -0.141. The molecule has 0 bridgehead atoms. The van der Waals surface area contributed by atoms with Crippen LogP contribution in [-0.2, 0) is 6.18 Å². The number of fused-ring (bicyclic) bond motifs is 1. The average Bonchev–Trinajstić information content (AvgIpc) is 2.66. The van der Waals surface area contributed by atoms with Crippen molar-refractivity contribution in [2.75, 3.05) is 11.9 Å². The molecule has 0 saturated carbocycles. The molecule has 0 amide bonds. The lowest BCUT2D eigenvalue weighted by Crippen LogP contribution is -2.16. The van der Waals surface area contributed by atoms with Crippen LogP contribution >= 0.6 is 11.6 Å². The Morgan fingerprint density at radius 3 is 2.40 bits per heavy atom. The lowest BCUT2D eigenvalue weighted by Gasteiger charge is -2.16. The summed E-state index contributed by atoms with van der Waals surface area (Å²) in [6, 6.07) is 2.71. The van der Waals surface area contributed by atoms with E-state index in [0.29, 0.717) is 0 Å². The van der Waals surface area contributed by atoms with Gasteiger partial charge in [0.05, 0.1) is 34.2 Å². The molecule has 1 aliphatic heterocycles. The first-order chi connectivity index (χ1) is 11.7. The molecule has 1 aliphatic rings. The molecular weight excluding hydrogens is 365 g/mol. The molecule has 0 unspecified atom stereocenters. The van der Waals surface area contributed by atoms with E-state index in [4.69, 9.17) is 11.6 Å². The third-order valence-corrected chi connectivity index (χ3v) is 4.03. The number of aliphatic imine (C=N–C) groups is 1. The summed E-state index contributed by atoms with van der Waals surface area (Å²) in [6.45, 7) is 1.90. The Kier molecular flexibility index (Phi) is 4.40. The number of halogens is 6. The predicted molar refractivity (Wildman–Crippen MR) is 84.2 cm³/mol. The Hall–Kier alpha value is -2.22. The molecule has 25 heavy (non-hydrogen) atoms. The van der Waals surface area contributed by atoms with Gasteiger partial charge < -0.3 is 5.32 Å². The molecule has 2 aromatic rings. The highest BCUT2D eigenvalue weighted by Gasteiger charge is 2.38. The fourth-order valence-corrected chi connectivity index (χ4v) is 2.90. The van der Waals surface area contributed by atoms with Gasteiger partial charge in [0.15, 0.2) is 5.69 Å². The van der Waals surface area contributed by atoms with E-state index >= 15 is 0 Å². The first kappa shape index (κ1) is 17.6. The fraction of sp³-hybridized carbons (Fsp3) is 0.250. The molecule has 1 aromatic carbocycles. The Labute approximate surface area is 144 Å². The zero-order valence-electron chi connectivity index (χ0n) is 12.8. The zero-order valence-corrected chi connectivity index (χ0v) is 13.5. The van der Waals surface area contributed by atoms with Gasteiger partial charge in [-0.3, -0.25) is 4.99 Å². The average molecular weight is 376 g/mol. The molecule has 1 N–H and O–H groups in total. The number of aromatic nitrogens is 1. The van der Waals surface area contributed by atoms with E-state index in [0.717, 1.165) is 24.4 Å². The minimum Gasteiger partial charge on any atom is -0.381 e. The van der Waals surface area contributed by atoms with Gasteiger partial charge in [-0.15, -0.1) is 0 Å². The van der Waals surface area contributed by atoms with Gasteiger partial charge in [-0.05, 0) is 19.1 Å². The van der Waals surface area contributed by atoms with Crippen LogP contribution in [0.1, 0.15) is 23.7 Å². The molecule has 0 radical (unpaired) electrons. The third kappa shape index (κ3) is 3.18. The first-order valence-electron chi connectivity index (χ1n) is 7.22. The van der Waals surface area contributed by atoms with Crippen molar-refractivity contribution in [3.63, 3.8) is 0 Å². The Morgan fingerprint density at radius 1 is 1.16 bits per heavy atom. The summed E-state index contributed by atoms with van der Waals surface area (Å²) >= 11 is 5.93. The third-order valence-electron chi connectivity index (χ3n) is 3.66. The fourth-order valence-electron chi connectivity index (χ4n) is 2.55. The summed E-state index contributed by atoms with van der Waals surface area (Å²) in [5.74, 6) is -1.89. The highest BCUT2D eigenvalue weighted by molar-refractivity contribution is 6.37. The first-order valence-corrected chi connectivity index (χ1v) is 7.60. The normalized spacial score (nSPS) is 17.4. The van der Waals surface area contributed by atoms with Gasteiger partial charge in [0, 0.05) is 12.1 Å². The molecular formula is C16H11ClF5N3. The van der Waals surface area contributed by atoms with Gasteiger partial charge in [0.2, 0.25) is 0 Å². The van der Waals surface area contributed by atoms with E-state index < -0.39 is 40.1 Å². The molecule has 0 saturated heterocycles. The van der Waals surface area contributed by atoms with E-state index in [1.54, 1.807) is 6.92 Å². The van der Waals surface area contributed by atoms with Gasteiger partial charge in [-0.25, -0.2) is 13.8 Å². The molecule has 0 aliphatic carbocycles. The Bertz CT molecular complexity index is 843. The minimum absolute atomic E-state index is 0.128. The lowest BCUT2D eigenvalue weighted by atomic mass is 9.99. The van der Waals surface area contributed by atoms with Crippen LogP contribution in [0.15, 0.2) is 29.4 Å². The van der Waals surface area contributed by atoms with Gasteiger partial charge in [0.25, 0.3) is 0 Å². The highest BCUT2D eigenvalue weighted by atomic mass is 35.5. The number of nitrogens with zero attached hydrogens (tertiary/aromatic N) is 2. The number of benzene rings is 1. The second kappa shape index (κ2) is 6.25. The molecule has 9 heteroatoms. The summed E-state index contributed by atoms with van der Waals surface area (Å²) < 4.78 is 67.9. The van der Waals surface area contributed by atoms with Crippen LogP contribution in [0.3, 0.4) is 0 Å². The maximum atomic E-state index is 14.2. The SMILES string of the molecule is C[C@H]1CNc2cnc(C(F)(F)F)c(Cl)c2C(c2c(F)cccc2F)=N1. The number of nitrogens with one attached hydrogen (secondary N) is 1. The molecule has 132 valence electrons. The summed E-state index contributed by atoms with van der Waals surface area (Å²) in [6.07, 6.45) is -3.88. The molecule has 1 atom stereocenters. The Morgan fingerprint density at radius 2 is 1.80 bits per heavy atom. The number of pyridine rings is 1. The standard InChI is InChI=1S/C16H11ClF5N3/c1-7-5-23-10-6-24-15(16(20,21)22)13(17)12(10)14(25-7)11-8(18)3-2-4-9(11)19/h2-4,6-7,23H,5H2,1H3/t7-/m0/s1. The van der Waals surface area contributed by atoms with Gasteiger partial charge >= 0.3 is 6.18 Å². The molecule has 1 aromatic heterocycles. The second-order valence-corrected chi connectivity index (χ2v) is 5.89. The van der Waals surface area contributed by atoms with Crippen molar-refractivity contribution in [3.8, 4) is 0 Å². The van der Waals surface area contributed by atoms with Crippen molar-refractivity contribution in [2.45, 2.75) is 19.1 Å². The molecule has 3 rings (SSSR count). The van der Waals surface area contributed by atoms with Crippen LogP contribution in [0, 0.1) is 11.6 Å². The largest absolute Gasteiger partial charge is 0.434 e. The van der Waals surface area contributed by atoms with Crippen molar-refractivity contribution in [2.24, 2.45) is 4.99 Å². The van der Waals surface area contributed by atoms with E-state index in [-0.39, 0.29) is 23.5 Å². The Balaban J connectivity index is 2.34. The highest BCUT2D eigenvalue weighted by Crippen LogP contribution is 2.39. The van der Waals surface area contributed by atoms with Gasteiger partial charge in [-0.2, -0.15) is 13.2 Å². The zero-order chi connectivity index (χ0) is 18.4. The maximum Gasteiger partial charge on any atom is 0.434 e. The second-order valence-electron chi connectivity index (χ2n) is 5.51. The monoisotopic (exact) mass is 375 g/mol. The number of hydrogen-bond donors (Lipinski definition) is 1. The molecule has 2 heterocycles. The molecule has 0 spiro atoms. The van der Waals surface area contributed by atoms with E-state index in [1.807, 2.05) is 0 Å². The number of hydrogen-bond acceptors (Lipinski definition) is 3. The summed E-state index contributed by atoms with van der Waals surface area (Å²) in [7, 11) is 0. The van der Waals surface area contributed by atoms with Gasteiger partial charge in [-0.1, -0.05) is 17.7 Å². The quantitative estimate of drug-likeness (QED) is 0.735. The maximum absolute atomic E-state index is 14.2. The van der Waals surface area contributed by atoms with E-state index in [2.05, 4.69) is 15.3 Å². The van der Waals surface area contributed by atoms with E-state index in [9.17, 15) is 22.0 Å². The van der Waals surface area contributed by atoms with Crippen LogP contribution < -0.4 is 5.32 Å². The van der Waals surface area contributed by atoms with Crippen LogP contribution in [0.25, 0.3) is 0 Å². The minimum atomic E-state index is -4.82. The van der Waals surface area contributed by atoms with Crippen LogP contribution in [0.5, 0.6) is 0 Å². The predicted octanol–water partition coefficient (Wildman–Crippen LogP) is 4.68. The molecule has 0 fully saturated rings. The van der Waals surface area contributed by atoms with Crippen LogP contribution in [-0.4, -0.2) is 23.3 Å². The number of alkyl halides is 3. The molecule has 3 nitrogen and oxygen atoms in total. The van der Waals surface area contributed by atoms with Crippen molar-refractivity contribution >= 4 is 23.0 Å². The van der Waals surface area contributed by atoms with Crippen molar-refractivity contribution < 1.29 is 22.0 Å². The van der Waals surface area contributed by atoms with Crippen LogP contribution in [0.2, 0.25) is 5.02 Å². The summed E-state index contributed by atoms with van der Waals surface area (Å²) in [5, 5.41) is 2.10. The van der Waals surface area contributed by atoms with Crippen molar-refractivity contribution in [1.29, 1.82) is 0 Å². The van der Waals surface area contributed by atoms with E-state index in [1.165, 1.54) is 0 Å². The summed E-state index contributed by atoms with van der Waals surface area (Å²) in [5.41, 5.74) is -2.24.